The highest BCUT2D eigenvalue weighted by molar-refractivity contribution is 6.13. The molecule has 0 aliphatic carbocycles. The molecule has 0 aliphatic rings. The molecule has 0 radical (unpaired) electrons. The largest absolute Gasteiger partial charge is 0.482 e. The van der Waals surface area contributed by atoms with Gasteiger partial charge in [0.2, 0.25) is 5.78 Å². The highest BCUT2D eigenvalue weighted by Gasteiger charge is 2.24. The lowest BCUT2D eigenvalue weighted by atomic mass is 9.98. The second kappa shape index (κ2) is 9.11. The number of nitrogens with zero attached hydrogens (tertiary/aromatic N) is 1. The monoisotopic (exact) mass is 458 g/mol. The predicted octanol–water partition coefficient (Wildman–Crippen LogP) is 3.98. The van der Waals surface area contributed by atoms with Crippen LogP contribution in [0.3, 0.4) is 0 Å². The van der Waals surface area contributed by atoms with Crippen molar-refractivity contribution < 1.29 is 29.0 Å². The van der Waals surface area contributed by atoms with Crippen LogP contribution in [0.15, 0.2) is 66.9 Å². The minimum absolute atomic E-state index is 0.121. The van der Waals surface area contributed by atoms with Gasteiger partial charge in [-0.2, -0.15) is 0 Å². The Kier molecular flexibility index (Phi) is 6.05. The lowest BCUT2D eigenvalue weighted by molar-refractivity contribution is -0.139. The quantitative estimate of drug-likeness (QED) is 0.244. The number of methoxy groups -OCH3 is 1. The van der Waals surface area contributed by atoms with Crippen LogP contribution < -0.4 is 10.5 Å². The maximum Gasteiger partial charge on any atom is 0.341 e. The summed E-state index contributed by atoms with van der Waals surface area (Å²) in [6, 6.07) is 17.2. The number of aromatic nitrogens is 1. The number of hydrogen-bond acceptors (Lipinski definition) is 6. The van der Waals surface area contributed by atoms with Crippen molar-refractivity contribution in [2.24, 2.45) is 0 Å². The van der Waals surface area contributed by atoms with Crippen LogP contribution >= 0.6 is 0 Å². The van der Waals surface area contributed by atoms with Gasteiger partial charge in [-0.1, -0.05) is 18.2 Å². The number of ketones is 1. The SMILES string of the molecule is COC(=O)c1cc(C(=O)c2c(C)c(-c3cccc(OCC(=O)O)c3)c3ccccn23)ccc1N. The summed E-state index contributed by atoms with van der Waals surface area (Å²) in [6.45, 7) is 1.39. The van der Waals surface area contributed by atoms with Crippen molar-refractivity contribution in [2.75, 3.05) is 19.5 Å². The number of nitrogen functional groups attached to an aromatic ring is 1. The third kappa shape index (κ3) is 4.09. The van der Waals surface area contributed by atoms with Gasteiger partial charge in [-0.25, -0.2) is 9.59 Å². The van der Waals surface area contributed by atoms with Crippen molar-refractivity contribution in [1.82, 2.24) is 4.40 Å². The molecule has 4 aromatic rings. The third-order valence-electron chi connectivity index (χ3n) is 5.51. The first-order valence-corrected chi connectivity index (χ1v) is 10.4. The second-order valence-corrected chi connectivity index (χ2v) is 7.64. The fourth-order valence-corrected chi connectivity index (χ4v) is 3.98. The summed E-state index contributed by atoms with van der Waals surface area (Å²) in [5, 5.41) is 8.90. The molecule has 3 N–H and O–H groups in total. The minimum atomic E-state index is -1.07. The number of carbonyl (C=O) groups excluding carboxylic acids is 2. The number of nitrogens with two attached hydrogens (primary N) is 1. The van der Waals surface area contributed by atoms with Crippen molar-refractivity contribution in [3.05, 3.63) is 89.2 Å². The topological polar surface area (TPSA) is 120 Å². The van der Waals surface area contributed by atoms with E-state index in [-0.39, 0.29) is 17.0 Å². The molecule has 4 rings (SSSR count). The van der Waals surface area contributed by atoms with Gasteiger partial charge in [0.05, 0.1) is 23.9 Å². The molecule has 8 nitrogen and oxygen atoms in total. The highest BCUT2D eigenvalue weighted by Crippen LogP contribution is 2.35. The predicted molar refractivity (Wildman–Crippen MR) is 126 cm³/mol. The Bertz CT molecular complexity index is 1440. The van der Waals surface area contributed by atoms with Gasteiger partial charge in [0, 0.05) is 23.0 Å². The molecule has 0 bridgehead atoms. The first-order chi connectivity index (χ1) is 16.3. The molecule has 34 heavy (non-hydrogen) atoms. The van der Waals surface area contributed by atoms with Crippen LogP contribution in [0.2, 0.25) is 0 Å². The van der Waals surface area contributed by atoms with Gasteiger partial charge in [-0.3, -0.25) is 4.79 Å². The van der Waals surface area contributed by atoms with Crippen LogP contribution in [0.4, 0.5) is 5.69 Å². The van der Waals surface area contributed by atoms with Crippen LogP contribution in [0.5, 0.6) is 5.75 Å². The van der Waals surface area contributed by atoms with Gasteiger partial charge < -0.3 is 24.7 Å². The molecule has 0 spiro atoms. The fraction of sp³-hybridized carbons (Fsp3) is 0.115. The smallest absolute Gasteiger partial charge is 0.341 e. The van der Waals surface area contributed by atoms with E-state index in [2.05, 4.69) is 0 Å². The minimum Gasteiger partial charge on any atom is -0.482 e. The summed E-state index contributed by atoms with van der Waals surface area (Å²) in [5.41, 5.74) is 10.1. The van der Waals surface area contributed by atoms with Crippen molar-refractivity contribution in [3.63, 3.8) is 0 Å². The lowest BCUT2D eigenvalue weighted by Crippen LogP contribution is -2.11. The summed E-state index contributed by atoms with van der Waals surface area (Å²) in [5.74, 6) is -1.57. The molecule has 0 atom stereocenters. The number of pyridine rings is 1. The first-order valence-electron chi connectivity index (χ1n) is 10.4. The lowest BCUT2D eigenvalue weighted by Gasteiger charge is -2.08. The van der Waals surface area contributed by atoms with Crippen molar-refractivity contribution in [1.29, 1.82) is 0 Å². The Balaban J connectivity index is 1.85. The molecule has 2 aromatic heterocycles. The number of esters is 1. The van der Waals surface area contributed by atoms with E-state index < -0.39 is 18.5 Å². The van der Waals surface area contributed by atoms with Gasteiger partial charge in [0.15, 0.2) is 6.61 Å². The van der Waals surface area contributed by atoms with Crippen LogP contribution in [0, 0.1) is 6.92 Å². The molecular weight excluding hydrogens is 436 g/mol. The highest BCUT2D eigenvalue weighted by atomic mass is 16.5. The van der Waals surface area contributed by atoms with Crippen molar-refractivity contribution in [3.8, 4) is 16.9 Å². The van der Waals surface area contributed by atoms with E-state index in [1.807, 2.05) is 31.2 Å². The number of benzene rings is 2. The zero-order chi connectivity index (χ0) is 24.4. The molecule has 2 heterocycles. The van der Waals surface area contributed by atoms with Crippen molar-refractivity contribution in [2.45, 2.75) is 6.92 Å². The molecule has 0 saturated heterocycles. The maximum absolute atomic E-state index is 13.6. The Hall–Kier alpha value is -4.59. The Morgan fingerprint density at radius 2 is 1.82 bits per heavy atom. The van der Waals surface area contributed by atoms with E-state index in [0.29, 0.717) is 17.0 Å². The van der Waals surface area contributed by atoms with E-state index >= 15 is 0 Å². The number of hydrogen-bond donors (Lipinski definition) is 2. The Morgan fingerprint density at radius 3 is 2.56 bits per heavy atom. The summed E-state index contributed by atoms with van der Waals surface area (Å²) < 4.78 is 11.9. The Morgan fingerprint density at radius 1 is 1.03 bits per heavy atom. The second-order valence-electron chi connectivity index (χ2n) is 7.64. The van der Waals surface area contributed by atoms with E-state index in [0.717, 1.165) is 22.2 Å². The van der Waals surface area contributed by atoms with E-state index in [9.17, 15) is 14.4 Å². The maximum atomic E-state index is 13.6. The summed E-state index contributed by atoms with van der Waals surface area (Å²) >= 11 is 0. The average molecular weight is 458 g/mol. The van der Waals surface area contributed by atoms with Crippen LogP contribution in [0.1, 0.15) is 32.0 Å². The molecule has 0 aliphatic heterocycles. The van der Waals surface area contributed by atoms with Gasteiger partial charge >= 0.3 is 11.9 Å². The number of carboxylic acids is 1. The van der Waals surface area contributed by atoms with Crippen LogP contribution in [-0.4, -0.2) is 40.9 Å². The van der Waals surface area contributed by atoms with Crippen LogP contribution in [0.25, 0.3) is 16.6 Å². The van der Waals surface area contributed by atoms with E-state index in [4.69, 9.17) is 20.3 Å². The summed E-state index contributed by atoms with van der Waals surface area (Å²) in [6.07, 6.45) is 1.79. The number of carboxylic acid groups (broad SMARTS) is 1. The molecule has 0 saturated carbocycles. The van der Waals surface area contributed by atoms with Crippen molar-refractivity contribution >= 4 is 28.9 Å². The molecule has 0 amide bonds. The number of ether oxygens (including phenoxy) is 2. The first kappa shape index (κ1) is 22.6. The molecule has 0 fully saturated rings. The summed E-state index contributed by atoms with van der Waals surface area (Å²) in [7, 11) is 1.25. The number of anilines is 1. The average Bonchev–Trinajstić information content (AvgIpc) is 3.14. The molecule has 172 valence electrons. The zero-order valence-corrected chi connectivity index (χ0v) is 18.6. The fourth-order valence-electron chi connectivity index (χ4n) is 3.98. The zero-order valence-electron chi connectivity index (χ0n) is 18.6. The van der Waals surface area contributed by atoms with Gasteiger partial charge in [0.25, 0.3) is 0 Å². The molecular formula is C26H22N2O6. The standard InChI is InChI=1S/C26H22N2O6/c1-15-23(16-6-5-7-18(12-16)34-14-22(29)30)21-8-3-4-11-28(21)24(15)25(31)17-9-10-20(27)19(13-17)26(32)33-2/h3-13H,14,27H2,1-2H3,(H,29,30). The van der Waals surface area contributed by atoms with Gasteiger partial charge in [-0.05, 0) is 60.5 Å². The van der Waals surface area contributed by atoms with E-state index in [1.54, 1.807) is 34.9 Å². The molecule has 2 aromatic carbocycles. The number of carbonyl (C=O) groups is 3. The number of rotatable bonds is 7. The van der Waals surface area contributed by atoms with Crippen LogP contribution in [-0.2, 0) is 9.53 Å². The van der Waals surface area contributed by atoms with Gasteiger partial charge in [-0.15, -0.1) is 0 Å². The Labute approximate surface area is 195 Å². The van der Waals surface area contributed by atoms with E-state index in [1.165, 1.54) is 19.2 Å². The van der Waals surface area contributed by atoms with Gasteiger partial charge in [0.1, 0.15) is 5.75 Å². The third-order valence-corrected chi connectivity index (χ3v) is 5.51. The summed E-state index contributed by atoms with van der Waals surface area (Å²) in [4.78, 5) is 36.6. The molecule has 0 unspecified atom stereocenters. The number of fused-ring (bicyclic) bond motifs is 1. The molecule has 8 heteroatoms. The normalized spacial score (nSPS) is 10.8. The number of aliphatic carboxylic acids is 1.